The van der Waals surface area contributed by atoms with Gasteiger partial charge in [-0.05, 0) is 13.0 Å². The summed E-state index contributed by atoms with van der Waals surface area (Å²) in [6, 6.07) is 2.93. The second-order valence-corrected chi connectivity index (χ2v) is 9.78. The number of thioether (sulfide) groups is 1. The number of carbonyl (C=O) groups is 3. The van der Waals surface area contributed by atoms with Crippen LogP contribution in [0.4, 0.5) is 5.13 Å². The molecule has 5 heterocycles. The number of hydrogen-bond acceptors (Lipinski definition) is 10. The number of pyridine rings is 1. The molecule has 0 bridgehead atoms. The molecule has 36 heavy (non-hydrogen) atoms. The number of aromatic amines is 1. The smallest absolute Gasteiger partial charge is 0.352 e. The van der Waals surface area contributed by atoms with Crippen LogP contribution >= 0.6 is 23.3 Å². The summed E-state index contributed by atoms with van der Waals surface area (Å²) in [4.78, 5) is 51.5. The summed E-state index contributed by atoms with van der Waals surface area (Å²) < 4.78 is 5.85. The van der Waals surface area contributed by atoms with Crippen LogP contribution in [0.15, 0.2) is 47.1 Å². The van der Waals surface area contributed by atoms with Gasteiger partial charge >= 0.3 is 5.97 Å². The molecule has 0 aromatic carbocycles. The van der Waals surface area contributed by atoms with Gasteiger partial charge in [-0.2, -0.15) is 13.9 Å². The molecule has 2 atom stereocenters. The SMILES string of the molecule is CCON=C(C(=O)N[C@@H]1C(=O)N2C(C(=O)O)=C(C[n+]3ccc4cc[nH]c4c3)CS[C@H]12)c1nsc(N)n1. The molecule has 2 amide bonds. The molecular formula is C21H21N8O5S2+. The summed E-state index contributed by atoms with van der Waals surface area (Å²) >= 11 is 2.27. The van der Waals surface area contributed by atoms with Crippen LogP contribution in [0.5, 0.6) is 0 Å². The zero-order chi connectivity index (χ0) is 25.4. The zero-order valence-corrected chi connectivity index (χ0v) is 20.5. The Balaban J connectivity index is 1.35. The Morgan fingerprint density at radius 2 is 2.28 bits per heavy atom. The van der Waals surface area contributed by atoms with Gasteiger partial charge in [0.05, 0.1) is 0 Å². The van der Waals surface area contributed by atoms with E-state index in [0.717, 1.165) is 22.4 Å². The first-order valence-corrected chi connectivity index (χ1v) is 12.7. The van der Waals surface area contributed by atoms with Crippen molar-refractivity contribution in [2.75, 3.05) is 18.1 Å². The fourth-order valence-electron chi connectivity index (χ4n) is 4.01. The van der Waals surface area contributed by atoms with Gasteiger partial charge in [0.15, 0.2) is 24.1 Å². The normalized spacial score (nSPS) is 19.8. The Bertz CT molecular complexity index is 1430. The maximum absolute atomic E-state index is 13.0. The third-order valence-corrected chi connectivity index (χ3v) is 7.50. The first-order chi connectivity index (χ1) is 17.4. The van der Waals surface area contributed by atoms with Crippen LogP contribution in [0.3, 0.4) is 0 Å². The van der Waals surface area contributed by atoms with Gasteiger partial charge in [-0.3, -0.25) is 14.5 Å². The number of H-pyrrole nitrogens is 1. The van der Waals surface area contributed by atoms with E-state index in [4.69, 9.17) is 10.6 Å². The quantitative estimate of drug-likeness (QED) is 0.136. The van der Waals surface area contributed by atoms with Crippen LogP contribution in [0, 0.1) is 0 Å². The molecule has 3 aromatic rings. The molecule has 0 aliphatic carbocycles. The second kappa shape index (κ2) is 9.58. The summed E-state index contributed by atoms with van der Waals surface area (Å²) in [5.41, 5.74) is 6.84. The molecule has 186 valence electrons. The number of oxime groups is 1. The highest BCUT2D eigenvalue weighted by atomic mass is 32.2. The molecule has 0 radical (unpaired) electrons. The maximum Gasteiger partial charge on any atom is 0.352 e. The third-order valence-electron chi connectivity index (χ3n) is 5.62. The average Bonchev–Trinajstić information content (AvgIpc) is 3.50. The van der Waals surface area contributed by atoms with E-state index >= 15 is 0 Å². The van der Waals surface area contributed by atoms with E-state index in [-0.39, 0.29) is 29.0 Å². The third kappa shape index (κ3) is 4.26. The number of nitrogens with one attached hydrogen (secondary N) is 2. The van der Waals surface area contributed by atoms with Crippen molar-refractivity contribution in [3.63, 3.8) is 0 Å². The highest BCUT2D eigenvalue weighted by Crippen LogP contribution is 2.40. The number of carboxylic acids is 1. The lowest BCUT2D eigenvalue weighted by Gasteiger charge is -2.49. The number of nitrogens with two attached hydrogens (primary N) is 1. The van der Waals surface area contributed by atoms with E-state index < -0.39 is 29.2 Å². The van der Waals surface area contributed by atoms with Crippen molar-refractivity contribution < 1.29 is 28.9 Å². The summed E-state index contributed by atoms with van der Waals surface area (Å²) in [6.07, 6.45) is 5.58. The van der Waals surface area contributed by atoms with Crippen molar-refractivity contribution >= 4 is 62.8 Å². The number of amides is 2. The highest BCUT2D eigenvalue weighted by molar-refractivity contribution is 8.00. The number of fused-ring (bicyclic) bond motifs is 2. The van der Waals surface area contributed by atoms with Crippen LogP contribution in [0.25, 0.3) is 10.9 Å². The Kier molecular flexibility index (Phi) is 6.32. The fourth-order valence-corrected chi connectivity index (χ4v) is 5.78. The summed E-state index contributed by atoms with van der Waals surface area (Å²) in [7, 11) is 0. The molecule has 3 aromatic heterocycles. The number of β-lactam (4-membered cyclic amide) rings is 1. The Labute approximate surface area is 212 Å². The van der Waals surface area contributed by atoms with Crippen LogP contribution < -0.4 is 15.6 Å². The summed E-state index contributed by atoms with van der Waals surface area (Å²) in [5, 5.41) is 16.9. The maximum atomic E-state index is 13.0. The first kappa shape index (κ1) is 23.7. The van der Waals surface area contributed by atoms with Gasteiger partial charge in [-0.15, -0.1) is 11.8 Å². The van der Waals surface area contributed by atoms with Gasteiger partial charge in [-0.1, -0.05) is 5.16 Å². The Hall–Kier alpha value is -3.98. The van der Waals surface area contributed by atoms with Crippen molar-refractivity contribution in [3.8, 4) is 0 Å². The number of nitrogens with zero attached hydrogens (tertiary/aromatic N) is 5. The number of nitrogen functional groups attached to an aromatic ring is 1. The molecule has 1 fully saturated rings. The molecule has 5 rings (SSSR count). The first-order valence-electron chi connectivity index (χ1n) is 10.8. The minimum atomic E-state index is -1.20. The number of carbonyl (C=O) groups excluding carboxylic acids is 2. The predicted molar refractivity (Wildman–Crippen MR) is 131 cm³/mol. The van der Waals surface area contributed by atoms with Gasteiger partial charge in [0.25, 0.3) is 11.8 Å². The lowest BCUT2D eigenvalue weighted by Crippen LogP contribution is -2.71. The molecule has 0 saturated carbocycles. The number of carboxylic acid groups (broad SMARTS) is 1. The number of anilines is 1. The zero-order valence-electron chi connectivity index (χ0n) is 18.9. The molecule has 15 heteroatoms. The second-order valence-electron chi connectivity index (χ2n) is 7.90. The molecule has 1 saturated heterocycles. The van der Waals surface area contributed by atoms with Crippen LogP contribution in [0.2, 0.25) is 0 Å². The van der Waals surface area contributed by atoms with E-state index in [1.54, 1.807) is 6.92 Å². The summed E-state index contributed by atoms with van der Waals surface area (Å²) in [5.74, 6) is -2.09. The topological polar surface area (TPSA) is 180 Å². The molecule has 0 unspecified atom stereocenters. The van der Waals surface area contributed by atoms with E-state index in [9.17, 15) is 19.5 Å². The standard InChI is InChI=1S/C21H20N8O5S2/c1-2-34-26-13(16-25-21(22)36-27-16)17(30)24-14-18(31)29-15(20(32)33)11(9-35-19(14)29)7-28-6-4-10-3-5-23-12(10)8-28/h3-6,8,14,19H,2,7,9H2,1H3,(H4,22,24,25,27,30,32,33)/p+1/t14-,19-/m1/s1. The molecule has 2 aliphatic rings. The van der Waals surface area contributed by atoms with Gasteiger partial charge < -0.3 is 26.0 Å². The van der Waals surface area contributed by atoms with Crippen LogP contribution in [0.1, 0.15) is 12.7 Å². The Morgan fingerprint density at radius 1 is 1.44 bits per heavy atom. The highest BCUT2D eigenvalue weighted by Gasteiger charge is 2.54. The lowest BCUT2D eigenvalue weighted by molar-refractivity contribution is -0.687. The van der Waals surface area contributed by atoms with E-state index in [2.05, 4.69) is 24.8 Å². The van der Waals surface area contributed by atoms with Crippen molar-refractivity contribution in [3.05, 3.63) is 47.8 Å². The van der Waals surface area contributed by atoms with Crippen LogP contribution in [-0.2, 0) is 25.8 Å². The van der Waals surface area contributed by atoms with E-state index in [1.807, 2.05) is 35.3 Å². The number of hydrogen-bond donors (Lipinski definition) is 4. The number of rotatable bonds is 8. The molecule has 2 aliphatic heterocycles. The Morgan fingerprint density at radius 3 is 3.00 bits per heavy atom. The molecule has 13 nitrogen and oxygen atoms in total. The molecular weight excluding hydrogens is 508 g/mol. The number of aliphatic carboxylic acids is 1. The minimum Gasteiger partial charge on any atom is -0.477 e. The minimum absolute atomic E-state index is 0.0205. The van der Waals surface area contributed by atoms with Crippen molar-refractivity contribution in [1.29, 1.82) is 0 Å². The number of aromatic nitrogens is 4. The molecule has 5 N–H and O–H groups in total. The van der Waals surface area contributed by atoms with Crippen molar-refractivity contribution in [2.24, 2.45) is 5.16 Å². The van der Waals surface area contributed by atoms with Gasteiger partial charge in [0.2, 0.25) is 11.5 Å². The molecule has 0 spiro atoms. The van der Waals surface area contributed by atoms with Crippen molar-refractivity contribution in [2.45, 2.75) is 24.9 Å². The van der Waals surface area contributed by atoms with Gasteiger partial charge in [0.1, 0.15) is 29.2 Å². The largest absolute Gasteiger partial charge is 0.477 e. The van der Waals surface area contributed by atoms with E-state index in [0.29, 0.717) is 17.9 Å². The monoisotopic (exact) mass is 529 g/mol. The van der Waals surface area contributed by atoms with Crippen molar-refractivity contribution in [1.82, 2.24) is 24.6 Å². The predicted octanol–water partition coefficient (Wildman–Crippen LogP) is 0.0685. The van der Waals surface area contributed by atoms with Gasteiger partial charge in [0, 0.05) is 40.5 Å². The average molecular weight is 530 g/mol. The van der Waals surface area contributed by atoms with E-state index in [1.165, 1.54) is 16.7 Å². The van der Waals surface area contributed by atoms with Gasteiger partial charge in [-0.25, -0.2) is 4.79 Å². The fraction of sp³-hybridized carbons (Fsp3) is 0.286. The van der Waals surface area contributed by atoms with Crippen LogP contribution in [-0.4, -0.2) is 71.6 Å². The lowest BCUT2D eigenvalue weighted by atomic mass is 10.0. The summed E-state index contributed by atoms with van der Waals surface area (Å²) in [6.45, 7) is 2.20.